The summed E-state index contributed by atoms with van der Waals surface area (Å²) in [5.41, 5.74) is -1.03. The first kappa shape index (κ1) is 28.3. The summed E-state index contributed by atoms with van der Waals surface area (Å²) < 4.78 is 59.6. The highest BCUT2D eigenvalue weighted by Crippen LogP contribution is 2.32. The molecule has 2 heterocycles. The predicted molar refractivity (Wildman–Crippen MR) is 130 cm³/mol. The van der Waals surface area contributed by atoms with Crippen LogP contribution in [0.5, 0.6) is 0 Å². The molecule has 0 aliphatic rings. The van der Waals surface area contributed by atoms with Crippen molar-refractivity contribution in [3.05, 3.63) is 68.7 Å². The summed E-state index contributed by atoms with van der Waals surface area (Å²) in [6.07, 6.45) is -3.75. The molecule has 0 unspecified atom stereocenters. The van der Waals surface area contributed by atoms with Crippen LogP contribution in [0.3, 0.4) is 0 Å². The Morgan fingerprint density at radius 1 is 1.22 bits per heavy atom. The number of alkyl halides is 3. The average Bonchev–Trinajstić information content (AvgIpc) is 3.37. The molecule has 37 heavy (non-hydrogen) atoms. The van der Waals surface area contributed by atoms with Crippen molar-refractivity contribution >= 4 is 45.7 Å². The summed E-state index contributed by atoms with van der Waals surface area (Å²) in [6.45, 7) is 4.91. The van der Waals surface area contributed by atoms with E-state index in [1.54, 1.807) is 20.8 Å². The minimum atomic E-state index is -4.90. The van der Waals surface area contributed by atoms with Crippen LogP contribution in [0.15, 0.2) is 30.5 Å². The zero-order valence-electron chi connectivity index (χ0n) is 19.9. The second-order valence-electron chi connectivity index (χ2n) is 8.25. The fraction of sp³-hybridized carbons (Fsp3) is 0.333. The van der Waals surface area contributed by atoms with Gasteiger partial charge in [-0.25, -0.2) is 9.37 Å². The van der Waals surface area contributed by atoms with E-state index in [1.165, 1.54) is 22.9 Å². The number of hydrogen-bond donors (Lipinski definition) is 1. The van der Waals surface area contributed by atoms with Crippen molar-refractivity contribution in [3.63, 3.8) is 0 Å². The summed E-state index contributed by atoms with van der Waals surface area (Å²) in [6, 6.07) is 3.84. The first-order chi connectivity index (χ1) is 17.3. The van der Waals surface area contributed by atoms with Crippen molar-refractivity contribution in [1.29, 1.82) is 0 Å². The van der Waals surface area contributed by atoms with Crippen LogP contribution in [0.1, 0.15) is 58.4 Å². The number of amides is 1. The van der Waals surface area contributed by atoms with Gasteiger partial charge in [0.15, 0.2) is 10.9 Å². The Bertz CT molecular complexity index is 1330. The Balaban J connectivity index is 1.92. The van der Waals surface area contributed by atoms with E-state index in [-0.39, 0.29) is 57.3 Å². The van der Waals surface area contributed by atoms with Crippen molar-refractivity contribution in [2.45, 2.75) is 39.9 Å². The topological polar surface area (TPSA) is 90.3 Å². The number of benzene rings is 1. The van der Waals surface area contributed by atoms with Gasteiger partial charge in [-0.2, -0.15) is 13.2 Å². The monoisotopic (exact) mass is 559 g/mol. The van der Waals surface area contributed by atoms with E-state index in [2.05, 4.69) is 10.3 Å². The maximum atomic E-state index is 13.7. The molecule has 0 bridgehead atoms. The Hall–Kier alpha value is -3.25. The molecule has 198 valence electrons. The average molecular weight is 560 g/mol. The molecule has 0 atom stereocenters. The van der Waals surface area contributed by atoms with Crippen molar-refractivity contribution in [3.8, 4) is 0 Å². The van der Waals surface area contributed by atoms with Gasteiger partial charge < -0.3 is 9.30 Å². The number of aromatic nitrogens is 2. The Morgan fingerprint density at radius 2 is 1.92 bits per heavy atom. The van der Waals surface area contributed by atoms with E-state index in [4.69, 9.17) is 16.3 Å². The third kappa shape index (κ3) is 6.95. The SMILES string of the molecule is CCOC(=O)Cc1nc(NC(=O)c2cc(C(=O)C(C)C)cn2Cc2ccc(F)c(C(F)(F)F)c2)sc1Cl. The lowest BCUT2D eigenvalue weighted by Crippen LogP contribution is -2.17. The molecule has 1 amide bonds. The summed E-state index contributed by atoms with van der Waals surface area (Å²) in [4.78, 5) is 41.5. The Kier molecular flexibility index (Phi) is 8.75. The van der Waals surface area contributed by atoms with Crippen molar-refractivity contribution < 1.29 is 36.7 Å². The highest BCUT2D eigenvalue weighted by atomic mass is 35.5. The molecule has 1 aromatic carbocycles. The normalized spacial score (nSPS) is 11.6. The van der Waals surface area contributed by atoms with Crippen LogP contribution in [-0.2, 0) is 28.7 Å². The number of carbonyl (C=O) groups is 3. The van der Waals surface area contributed by atoms with Crippen LogP contribution in [0.4, 0.5) is 22.7 Å². The first-order valence-electron chi connectivity index (χ1n) is 11.0. The molecule has 0 aliphatic carbocycles. The number of Topliss-reactive ketones (excluding diaryl/α,β-unsaturated/α-hetero) is 1. The maximum Gasteiger partial charge on any atom is 0.419 e. The molecule has 0 saturated carbocycles. The molecule has 7 nitrogen and oxygen atoms in total. The van der Waals surface area contributed by atoms with Gasteiger partial charge in [-0.05, 0) is 30.7 Å². The number of esters is 1. The van der Waals surface area contributed by atoms with Crippen LogP contribution < -0.4 is 5.32 Å². The van der Waals surface area contributed by atoms with Gasteiger partial charge in [0.25, 0.3) is 5.91 Å². The molecular formula is C24H22ClF4N3O4S. The van der Waals surface area contributed by atoms with Crippen molar-refractivity contribution in [1.82, 2.24) is 9.55 Å². The number of carbonyl (C=O) groups excluding carboxylic acids is 3. The number of anilines is 1. The molecule has 2 aromatic heterocycles. The molecule has 1 N–H and O–H groups in total. The van der Waals surface area contributed by atoms with E-state index in [0.29, 0.717) is 12.1 Å². The third-order valence-corrected chi connectivity index (χ3v) is 6.37. The van der Waals surface area contributed by atoms with Crippen LogP contribution in [-0.4, -0.2) is 33.8 Å². The lowest BCUT2D eigenvalue weighted by molar-refractivity contribution is -0.142. The number of nitrogens with one attached hydrogen (secondary N) is 1. The number of nitrogens with zero attached hydrogens (tertiary/aromatic N) is 2. The second kappa shape index (κ2) is 11.4. The lowest BCUT2D eigenvalue weighted by atomic mass is 10.0. The fourth-order valence-corrected chi connectivity index (χ4v) is 4.42. The Labute approximate surface area is 218 Å². The summed E-state index contributed by atoms with van der Waals surface area (Å²) in [5.74, 6) is -3.36. The molecule has 0 spiro atoms. The number of ketones is 1. The van der Waals surface area contributed by atoms with Crippen LogP contribution in [0.2, 0.25) is 4.34 Å². The smallest absolute Gasteiger partial charge is 0.419 e. The van der Waals surface area contributed by atoms with Crippen LogP contribution in [0.25, 0.3) is 0 Å². The van der Waals surface area contributed by atoms with Crippen LogP contribution >= 0.6 is 22.9 Å². The zero-order valence-corrected chi connectivity index (χ0v) is 21.5. The van der Waals surface area contributed by atoms with E-state index < -0.39 is 35.4 Å². The molecule has 0 aliphatic heterocycles. The van der Waals surface area contributed by atoms with Gasteiger partial charge in [-0.1, -0.05) is 42.9 Å². The van der Waals surface area contributed by atoms with Gasteiger partial charge >= 0.3 is 12.1 Å². The van der Waals surface area contributed by atoms with Gasteiger partial charge in [0.05, 0.1) is 24.3 Å². The molecular weight excluding hydrogens is 538 g/mol. The minimum Gasteiger partial charge on any atom is -0.466 e. The fourth-order valence-electron chi connectivity index (χ4n) is 3.39. The zero-order chi connectivity index (χ0) is 27.5. The minimum absolute atomic E-state index is 0.0415. The third-order valence-electron chi connectivity index (χ3n) is 5.11. The molecule has 3 rings (SSSR count). The van der Waals surface area contributed by atoms with Crippen LogP contribution in [0, 0.1) is 11.7 Å². The maximum absolute atomic E-state index is 13.7. The number of thiazole rings is 1. The summed E-state index contributed by atoms with van der Waals surface area (Å²) in [5, 5.41) is 2.61. The number of halogens is 5. The standard InChI is InChI=1S/C24H22ClF4N3O4S/c1-4-36-19(33)9-17-21(25)37-23(30-17)31-22(35)18-8-14(20(34)12(2)3)11-32(18)10-13-5-6-16(26)15(7-13)24(27,28)29/h5-8,11-12H,4,9-10H2,1-3H3,(H,30,31,35). The van der Waals surface area contributed by atoms with Crippen molar-refractivity contribution in [2.24, 2.45) is 5.92 Å². The predicted octanol–water partition coefficient (Wildman–Crippen LogP) is 6.00. The Morgan fingerprint density at radius 3 is 2.54 bits per heavy atom. The van der Waals surface area contributed by atoms with E-state index in [1.807, 2.05) is 0 Å². The highest BCUT2D eigenvalue weighted by molar-refractivity contribution is 7.19. The van der Waals surface area contributed by atoms with Crippen molar-refractivity contribution in [2.75, 3.05) is 11.9 Å². The van der Waals surface area contributed by atoms with Gasteiger partial charge in [0.2, 0.25) is 0 Å². The molecule has 0 radical (unpaired) electrons. The van der Waals surface area contributed by atoms with Gasteiger partial charge in [0.1, 0.15) is 15.8 Å². The largest absolute Gasteiger partial charge is 0.466 e. The first-order valence-corrected chi connectivity index (χ1v) is 12.2. The number of hydrogen-bond acceptors (Lipinski definition) is 6. The summed E-state index contributed by atoms with van der Waals surface area (Å²) in [7, 11) is 0. The van der Waals surface area contributed by atoms with Gasteiger partial charge in [-0.3, -0.25) is 19.7 Å². The summed E-state index contributed by atoms with van der Waals surface area (Å²) >= 11 is 7.03. The molecule has 13 heteroatoms. The lowest BCUT2D eigenvalue weighted by Gasteiger charge is -2.12. The van der Waals surface area contributed by atoms with Gasteiger partial charge in [0, 0.05) is 24.2 Å². The molecule has 0 saturated heterocycles. The van der Waals surface area contributed by atoms with E-state index >= 15 is 0 Å². The number of rotatable bonds is 9. The highest BCUT2D eigenvalue weighted by Gasteiger charge is 2.34. The molecule has 3 aromatic rings. The van der Waals surface area contributed by atoms with Gasteiger partial charge in [-0.15, -0.1) is 0 Å². The quantitative estimate of drug-likeness (QED) is 0.197. The number of ether oxygens (including phenoxy) is 1. The second-order valence-corrected chi connectivity index (χ2v) is 9.85. The molecule has 0 fully saturated rings. The van der Waals surface area contributed by atoms with E-state index in [9.17, 15) is 31.9 Å². The van der Waals surface area contributed by atoms with E-state index in [0.717, 1.165) is 11.3 Å².